The van der Waals surface area contributed by atoms with Crippen LogP contribution in [0.25, 0.3) is 0 Å². The highest BCUT2D eigenvalue weighted by molar-refractivity contribution is 6.00. The Kier molecular flexibility index (Phi) is 11.5. The fourth-order valence-electron chi connectivity index (χ4n) is 3.42. The molecule has 0 bridgehead atoms. The summed E-state index contributed by atoms with van der Waals surface area (Å²) in [6, 6.07) is 18.4. The maximum Gasteiger partial charge on any atom is 0.119 e. The third-order valence-electron chi connectivity index (χ3n) is 5.02. The van der Waals surface area contributed by atoms with Gasteiger partial charge in [-0.05, 0) is 54.8 Å². The summed E-state index contributed by atoms with van der Waals surface area (Å²) in [6.45, 7) is 8.12. The summed E-state index contributed by atoms with van der Waals surface area (Å²) in [5, 5.41) is 12.3. The summed E-state index contributed by atoms with van der Waals surface area (Å²) in [6.07, 6.45) is 1.72. The Morgan fingerprint density at radius 3 is 2.21 bits per heavy atom. The summed E-state index contributed by atoms with van der Waals surface area (Å²) in [5.74, 6) is 0.862. The van der Waals surface area contributed by atoms with E-state index in [9.17, 15) is 0 Å². The van der Waals surface area contributed by atoms with Gasteiger partial charge in [0.1, 0.15) is 5.75 Å². The summed E-state index contributed by atoms with van der Waals surface area (Å²) >= 11 is 0. The first-order valence-electron chi connectivity index (χ1n) is 9.76. The number of ether oxygens (including phenoxy) is 1. The fraction of sp³-hybridized carbons (Fsp3) is 0.409. The van der Waals surface area contributed by atoms with Gasteiger partial charge in [-0.1, -0.05) is 30.3 Å². The highest BCUT2D eigenvalue weighted by atomic mass is 35.5. The first-order valence-corrected chi connectivity index (χ1v) is 9.76. The van der Waals surface area contributed by atoms with E-state index in [-0.39, 0.29) is 24.8 Å². The molecule has 3 rings (SSSR count). The lowest BCUT2D eigenvalue weighted by atomic mass is 10.1. The monoisotopic (exact) mass is 439 g/mol. The number of para-hydroxylation sites is 1. The molecule has 2 aromatic carbocycles. The van der Waals surface area contributed by atoms with E-state index < -0.39 is 0 Å². The van der Waals surface area contributed by atoms with Crippen LogP contribution in [0.15, 0.2) is 59.8 Å². The van der Waals surface area contributed by atoms with E-state index in [4.69, 9.17) is 9.94 Å². The van der Waals surface area contributed by atoms with Crippen molar-refractivity contribution in [3.8, 4) is 5.75 Å². The molecule has 0 amide bonds. The van der Waals surface area contributed by atoms with Crippen LogP contribution in [-0.4, -0.2) is 55.1 Å². The van der Waals surface area contributed by atoms with E-state index >= 15 is 0 Å². The van der Waals surface area contributed by atoms with Crippen molar-refractivity contribution in [3.63, 3.8) is 0 Å². The number of hydrogen-bond donors (Lipinski definition) is 1. The van der Waals surface area contributed by atoms with E-state index in [1.165, 1.54) is 5.69 Å². The van der Waals surface area contributed by atoms with Crippen molar-refractivity contribution in [3.05, 3.63) is 60.2 Å². The van der Waals surface area contributed by atoms with E-state index in [1.54, 1.807) is 0 Å². The van der Waals surface area contributed by atoms with Gasteiger partial charge in [0.15, 0.2) is 0 Å². The van der Waals surface area contributed by atoms with Crippen LogP contribution >= 0.6 is 24.8 Å². The second-order valence-electron chi connectivity index (χ2n) is 6.79. The zero-order valence-electron chi connectivity index (χ0n) is 16.9. The Morgan fingerprint density at radius 1 is 0.966 bits per heavy atom. The minimum Gasteiger partial charge on any atom is -0.494 e. The molecule has 7 heteroatoms. The standard InChI is InChI=1S/C22H29N3O2.2ClH/c1-2-22(23-26)19-9-11-21(12-10-19)27-18-6-13-24-14-16-25(17-15-24)20-7-4-3-5-8-20;;/h3-5,7-12,26H,2,6,13-18H2,1H3;2*1H/b23-22+;;. The van der Waals surface area contributed by atoms with Gasteiger partial charge in [0.05, 0.1) is 12.3 Å². The van der Waals surface area contributed by atoms with Gasteiger partial charge < -0.3 is 14.8 Å². The van der Waals surface area contributed by atoms with Crippen LogP contribution in [0.2, 0.25) is 0 Å². The second-order valence-corrected chi connectivity index (χ2v) is 6.79. The molecule has 1 heterocycles. The largest absolute Gasteiger partial charge is 0.494 e. The van der Waals surface area contributed by atoms with Crippen molar-refractivity contribution in [1.29, 1.82) is 0 Å². The SMILES string of the molecule is CC/C(=N\O)c1ccc(OCCCN2CCN(c3ccccc3)CC2)cc1.Cl.Cl. The van der Waals surface area contributed by atoms with Gasteiger partial charge in [-0.2, -0.15) is 0 Å². The number of nitrogens with zero attached hydrogens (tertiary/aromatic N) is 3. The Morgan fingerprint density at radius 2 is 1.62 bits per heavy atom. The lowest BCUT2D eigenvalue weighted by Gasteiger charge is -2.36. The van der Waals surface area contributed by atoms with Crippen LogP contribution in [-0.2, 0) is 0 Å². The normalized spacial score (nSPS) is 14.7. The van der Waals surface area contributed by atoms with Crippen LogP contribution in [0.5, 0.6) is 5.75 Å². The maximum atomic E-state index is 8.98. The lowest BCUT2D eigenvalue weighted by molar-refractivity contribution is 0.225. The van der Waals surface area contributed by atoms with Gasteiger partial charge in [-0.3, -0.25) is 4.90 Å². The topological polar surface area (TPSA) is 48.3 Å². The number of piperazine rings is 1. The lowest BCUT2D eigenvalue weighted by Crippen LogP contribution is -2.46. The molecule has 160 valence electrons. The summed E-state index contributed by atoms with van der Waals surface area (Å²) in [4.78, 5) is 4.96. The quantitative estimate of drug-likeness (QED) is 0.280. The molecule has 1 saturated heterocycles. The molecule has 0 atom stereocenters. The average Bonchev–Trinajstić information content (AvgIpc) is 2.74. The molecule has 1 N–H and O–H groups in total. The molecule has 0 saturated carbocycles. The molecule has 0 spiro atoms. The third kappa shape index (κ3) is 7.42. The molecule has 2 aromatic rings. The van der Waals surface area contributed by atoms with Gasteiger partial charge >= 0.3 is 0 Å². The predicted octanol–water partition coefficient (Wildman–Crippen LogP) is 4.71. The van der Waals surface area contributed by atoms with Crippen LogP contribution in [0.4, 0.5) is 5.69 Å². The molecule has 29 heavy (non-hydrogen) atoms. The smallest absolute Gasteiger partial charge is 0.119 e. The van der Waals surface area contributed by atoms with Gasteiger partial charge in [0, 0.05) is 38.4 Å². The van der Waals surface area contributed by atoms with Crippen molar-refractivity contribution < 1.29 is 9.94 Å². The highest BCUT2D eigenvalue weighted by Gasteiger charge is 2.16. The Hall–Kier alpha value is -1.95. The molecular weight excluding hydrogens is 409 g/mol. The molecular formula is C22H31Cl2N3O2. The zero-order valence-corrected chi connectivity index (χ0v) is 18.5. The van der Waals surface area contributed by atoms with Crippen molar-refractivity contribution in [2.24, 2.45) is 5.16 Å². The maximum absolute atomic E-state index is 8.98. The van der Waals surface area contributed by atoms with Gasteiger partial charge in [0.25, 0.3) is 0 Å². The molecule has 1 aliphatic rings. The molecule has 0 radical (unpaired) electrons. The number of benzene rings is 2. The summed E-state index contributed by atoms with van der Waals surface area (Å²) < 4.78 is 5.85. The summed E-state index contributed by atoms with van der Waals surface area (Å²) in [7, 11) is 0. The van der Waals surface area contributed by atoms with Gasteiger partial charge in [-0.25, -0.2) is 0 Å². The van der Waals surface area contributed by atoms with Crippen molar-refractivity contribution in [1.82, 2.24) is 4.90 Å². The predicted molar refractivity (Wildman–Crippen MR) is 125 cm³/mol. The molecule has 0 aliphatic carbocycles. The van der Waals surface area contributed by atoms with Crippen LogP contribution in [0.3, 0.4) is 0 Å². The van der Waals surface area contributed by atoms with E-state index in [0.29, 0.717) is 18.7 Å². The fourth-order valence-corrected chi connectivity index (χ4v) is 3.42. The molecule has 1 aliphatic heterocycles. The zero-order chi connectivity index (χ0) is 18.9. The number of hydrogen-bond acceptors (Lipinski definition) is 5. The second kappa shape index (κ2) is 13.3. The van der Waals surface area contributed by atoms with E-state index in [1.807, 2.05) is 31.2 Å². The van der Waals surface area contributed by atoms with Crippen LogP contribution in [0.1, 0.15) is 25.3 Å². The van der Waals surface area contributed by atoms with Gasteiger partial charge in [-0.15, -0.1) is 24.8 Å². The summed E-state index contributed by atoms with van der Waals surface area (Å²) in [5.41, 5.74) is 2.95. The van der Waals surface area contributed by atoms with Crippen molar-refractivity contribution >= 4 is 36.2 Å². The van der Waals surface area contributed by atoms with E-state index in [2.05, 4.69) is 45.3 Å². The first-order chi connectivity index (χ1) is 13.3. The van der Waals surface area contributed by atoms with E-state index in [0.717, 1.165) is 50.5 Å². The number of rotatable bonds is 8. The molecule has 0 unspecified atom stereocenters. The van der Waals surface area contributed by atoms with Crippen LogP contribution in [0, 0.1) is 0 Å². The minimum absolute atomic E-state index is 0. The Balaban J connectivity index is 0.00000210. The highest BCUT2D eigenvalue weighted by Crippen LogP contribution is 2.16. The third-order valence-corrected chi connectivity index (χ3v) is 5.02. The van der Waals surface area contributed by atoms with Gasteiger partial charge in [0.2, 0.25) is 0 Å². The van der Waals surface area contributed by atoms with Crippen LogP contribution < -0.4 is 9.64 Å². The molecule has 0 aromatic heterocycles. The average molecular weight is 440 g/mol. The first kappa shape index (κ1) is 25.1. The Bertz CT molecular complexity index is 719. The number of oxime groups is 1. The minimum atomic E-state index is 0. The number of halogens is 2. The van der Waals surface area contributed by atoms with Crippen molar-refractivity contribution in [2.75, 3.05) is 44.2 Å². The number of anilines is 1. The molecule has 5 nitrogen and oxygen atoms in total. The Labute approximate surface area is 186 Å². The van der Waals surface area contributed by atoms with Crippen molar-refractivity contribution in [2.45, 2.75) is 19.8 Å². The molecule has 1 fully saturated rings.